The molecule has 0 radical (unpaired) electrons. The molecule has 0 nitrogen and oxygen atoms in total. The molecule has 0 N–H and O–H groups in total. The summed E-state index contributed by atoms with van der Waals surface area (Å²) in [4.78, 5) is 0. The van der Waals surface area contributed by atoms with Crippen LogP contribution < -0.4 is 0 Å². The number of fused-ring (bicyclic) bond motifs is 1. The quantitative estimate of drug-likeness (QED) is 0.185. The van der Waals surface area contributed by atoms with E-state index in [0.29, 0.717) is 22.3 Å². The molecular weight excluding hydrogens is 450 g/mol. The van der Waals surface area contributed by atoms with Crippen molar-refractivity contribution in [3.63, 3.8) is 0 Å². The number of halogens is 6. The first kappa shape index (κ1) is 23.0. The molecule has 0 aliphatic heterocycles. The van der Waals surface area contributed by atoms with Gasteiger partial charge in [0.25, 0.3) is 0 Å². The number of hydrogen-bond acceptors (Lipinski definition) is 0. The molecule has 0 amide bonds. The number of hydrogen-bond donors (Lipinski definition) is 0. The summed E-state index contributed by atoms with van der Waals surface area (Å²) in [6.07, 6.45) is -8.81. The van der Waals surface area contributed by atoms with Crippen molar-refractivity contribution in [1.82, 2.24) is 0 Å². The van der Waals surface area contributed by atoms with Crippen LogP contribution in [0.4, 0.5) is 26.3 Å². The molecule has 0 fully saturated rings. The second-order valence-corrected chi connectivity index (χ2v) is 7.36. The first-order valence-electron chi connectivity index (χ1n) is 10.0. The van der Waals surface area contributed by atoms with Gasteiger partial charge in [-0.25, -0.2) is 0 Å². The molecule has 4 aromatic rings. The van der Waals surface area contributed by atoms with Crippen molar-refractivity contribution < 1.29 is 26.3 Å². The molecular formula is C28H14F6. The van der Waals surface area contributed by atoms with E-state index in [-0.39, 0.29) is 0 Å². The maximum atomic E-state index is 12.7. The zero-order valence-corrected chi connectivity index (χ0v) is 17.4. The Bertz CT molecular complexity index is 1340. The lowest BCUT2D eigenvalue weighted by Gasteiger charge is -2.06. The fourth-order valence-electron chi connectivity index (χ4n) is 3.28. The summed E-state index contributed by atoms with van der Waals surface area (Å²) in [7, 11) is 0. The SMILES string of the molecule is FC(F)(F)c1ccc(C#Cc2ccc(C#Cc3ccc(C(F)(F)F)cc3)c3ccccc23)cc1. The molecule has 4 rings (SSSR count). The van der Waals surface area contributed by atoms with Crippen LogP contribution in [-0.2, 0) is 12.4 Å². The summed E-state index contributed by atoms with van der Waals surface area (Å²) in [5.74, 6) is 11.8. The van der Waals surface area contributed by atoms with Crippen LogP contribution >= 0.6 is 0 Å². The zero-order valence-electron chi connectivity index (χ0n) is 17.4. The fraction of sp³-hybridized carbons (Fsp3) is 0.0714. The Morgan fingerprint density at radius 1 is 0.412 bits per heavy atom. The zero-order chi connectivity index (χ0) is 24.3. The Labute approximate surface area is 191 Å². The molecule has 0 unspecified atom stereocenters. The van der Waals surface area contributed by atoms with Crippen molar-refractivity contribution in [1.29, 1.82) is 0 Å². The van der Waals surface area contributed by atoms with Crippen molar-refractivity contribution in [2.45, 2.75) is 12.4 Å². The number of alkyl halides is 6. The van der Waals surface area contributed by atoms with Crippen LogP contribution in [0.25, 0.3) is 10.8 Å². The molecule has 0 saturated heterocycles. The maximum absolute atomic E-state index is 12.7. The lowest BCUT2D eigenvalue weighted by atomic mass is 9.99. The normalized spacial score (nSPS) is 11.4. The van der Waals surface area contributed by atoms with Crippen LogP contribution in [0, 0.1) is 23.7 Å². The van der Waals surface area contributed by atoms with E-state index < -0.39 is 23.5 Å². The Hall–Kier alpha value is -4.16. The highest BCUT2D eigenvalue weighted by atomic mass is 19.4. The van der Waals surface area contributed by atoms with Gasteiger partial charge >= 0.3 is 12.4 Å². The minimum atomic E-state index is -4.40. The first-order valence-corrected chi connectivity index (χ1v) is 10.0. The molecule has 4 aromatic carbocycles. The van der Waals surface area contributed by atoms with E-state index in [1.54, 1.807) is 12.1 Å². The first-order chi connectivity index (χ1) is 16.1. The van der Waals surface area contributed by atoms with Crippen molar-refractivity contribution in [3.8, 4) is 23.7 Å². The molecule has 0 saturated carbocycles. The van der Waals surface area contributed by atoms with Gasteiger partial charge in [0, 0.05) is 22.3 Å². The smallest absolute Gasteiger partial charge is 0.166 e. The minimum absolute atomic E-state index is 0.447. The third-order valence-corrected chi connectivity index (χ3v) is 5.03. The van der Waals surface area contributed by atoms with Crippen molar-refractivity contribution in [3.05, 3.63) is 118 Å². The van der Waals surface area contributed by atoms with E-state index >= 15 is 0 Å². The average Bonchev–Trinajstić information content (AvgIpc) is 2.81. The second kappa shape index (κ2) is 9.00. The molecule has 0 bridgehead atoms. The lowest BCUT2D eigenvalue weighted by Crippen LogP contribution is -2.04. The third-order valence-electron chi connectivity index (χ3n) is 5.03. The van der Waals surface area contributed by atoms with Crippen LogP contribution in [0.3, 0.4) is 0 Å². The summed E-state index contributed by atoms with van der Waals surface area (Å²) in [5, 5.41) is 1.61. The standard InChI is InChI=1S/C28H14F6/c29-27(30,31)23-15-7-19(8-16-23)5-11-21-13-14-22(26-4-2-1-3-25(21)26)12-6-20-9-17-24(18-10-20)28(32,33)34/h1-4,7-10,13-18H. The van der Waals surface area contributed by atoms with E-state index in [4.69, 9.17) is 0 Å². The van der Waals surface area contributed by atoms with Crippen LogP contribution in [0.2, 0.25) is 0 Å². The van der Waals surface area contributed by atoms with Gasteiger partial charge in [-0.1, -0.05) is 47.9 Å². The Morgan fingerprint density at radius 3 is 1.09 bits per heavy atom. The molecule has 0 aromatic heterocycles. The highest BCUT2D eigenvalue weighted by Gasteiger charge is 2.30. The van der Waals surface area contributed by atoms with Gasteiger partial charge in [0.1, 0.15) is 0 Å². The molecule has 0 heterocycles. The largest absolute Gasteiger partial charge is 0.416 e. The van der Waals surface area contributed by atoms with Gasteiger partial charge < -0.3 is 0 Å². The highest BCUT2D eigenvalue weighted by molar-refractivity contribution is 5.93. The van der Waals surface area contributed by atoms with Crippen LogP contribution in [0.15, 0.2) is 84.9 Å². The van der Waals surface area contributed by atoms with Gasteiger partial charge in [0.2, 0.25) is 0 Å². The third kappa shape index (κ3) is 5.24. The second-order valence-electron chi connectivity index (χ2n) is 7.36. The molecule has 0 spiro atoms. The molecule has 34 heavy (non-hydrogen) atoms. The summed E-state index contributed by atoms with van der Waals surface area (Å²) >= 11 is 0. The monoisotopic (exact) mass is 464 g/mol. The Kier molecular flexibility index (Phi) is 6.09. The fourth-order valence-corrected chi connectivity index (χ4v) is 3.28. The van der Waals surface area contributed by atoms with E-state index in [1.165, 1.54) is 24.3 Å². The van der Waals surface area contributed by atoms with Crippen LogP contribution in [0.5, 0.6) is 0 Å². The maximum Gasteiger partial charge on any atom is 0.416 e. The minimum Gasteiger partial charge on any atom is -0.166 e. The average molecular weight is 464 g/mol. The van der Waals surface area contributed by atoms with Gasteiger partial charge in [-0.2, -0.15) is 26.3 Å². The molecule has 0 atom stereocenters. The Morgan fingerprint density at radius 2 is 0.765 bits per heavy atom. The molecule has 0 aliphatic rings. The van der Waals surface area contributed by atoms with Crippen molar-refractivity contribution in [2.75, 3.05) is 0 Å². The molecule has 168 valence electrons. The van der Waals surface area contributed by atoms with Gasteiger partial charge in [-0.05, 0) is 71.4 Å². The summed E-state index contributed by atoms with van der Waals surface area (Å²) < 4.78 is 76.4. The summed E-state index contributed by atoms with van der Waals surface area (Å²) in [6, 6.07) is 20.1. The summed E-state index contributed by atoms with van der Waals surface area (Å²) in [6.45, 7) is 0. The van der Waals surface area contributed by atoms with Crippen LogP contribution in [-0.4, -0.2) is 0 Å². The van der Waals surface area contributed by atoms with E-state index in [9.17, 15) is 26.3 Å². The summed E-state index contributed by atoms with van der Waals surface area (Å²) in [5.41, 5.74) is 0.775. The van der Waals surface area contributed by atoms with Crippen LogP contribution in [0.1, 0.15) is 33.4 Å². The van der Waals surface area contributed by atoms with Crippen molar-refractivity contribution >= 4 is 10.8 Å². The Balaban J connectivity index is 1.65. The lowest BCUT2D eigenvalue weighted by molar-refractivity contribution is -0.138. The van der Waals surface area contributed by atoms with Gasteiger partial charge in [-0.15, -0.1) is 0 Å². The van der Waals surface area contributed by atoms with E-state index in [0.717, 1.165) is 35.0 Å². The predicted octanol–water partition coefficient (Wildman–Crippen LogP) is 7.68. The van der Waals surface area contributed by atoms with E-state index in [1.807, 2.05) is 24.3 Å². The van der Waals surface area contributed by atoms with Gasteiger partial charge in [0.15, 0.2) is 0 Å². The molecule has 0 aliphatic carbocycles. The topological polar surface area (TPSA) is 0 Å². The van der Waals surface area contributed by atoms with Gasteiger partial charge in [0.05, 0.1) is 11.1 Å². The van der Waals surface area contributed by atoms with E-state index in [2.05, 4.69) is 23.7 Å². The number of rotatable bonds is 0. The highest BCUT2D eigenvalue weighted by Crippen LogP contribution is 2.30. The number of benzene rings is 4. The predicted molar refractivity (Wildman–Crippen MR) is 119 cm³/mol. The van der Waals surface area contributed by atoms with Gasteiger partial charge in [-0.3, -0.25) is 0 Å². The van der Waals surface area contributed by atoms with Crippen molar-refractivity contribution in [2.24, 2.45) is 0 Å². The molecule has 6 heteroatoms.